The summed E-state index contributed by atoms with van der Waals surface area (Å²) in [4.78, 5) is 2.40. The number of rotatable bonds is 3. The highest BCUT2D eigenvalue weighted by atomic mass is 15.2. The van der Waals surface area contributed by atoms with Crippen LogP contribution < -0.4 is 5.32 Å². The first-order valence-corrected chi connectivity index (χ1v) is 6.56. The van der Waals surface area contributed by atoms with Crippen molar-refractivity contribution in [1.29, 1.82) is 0 Å². The van der Waals surface area contributed by atoms with E-state index in [4.69, 9.17) is 0 Å². The highest BCUT2D eigenvalue weighted by Crippen LogP contribution is 2.26. The third kappa shape index (κ3) is 2.88. The van der Waals surface area contributed by atoms with Crippen LogP contribution in [0.4, 0.5) is 0 Å². The lowest BCUT2D eigenvalue weighted by Gasteiger charge is -2.43. The second kappa shape index (κ2) is 5.19. The van der Waals surface area contributed by atoms with E-state index >= 15 is 0 Å². The maximum absolute atomic E-state index is 3.55. The number of benzene rings is 1. The van der Waals surface area contributed by atoms with E-state index in [0.717, 1.165) is 13.0 Å². The second-order valence-electron chi connectivity index (χ2n) is 5.56. The highest BCUT2D eigenvalue weighted by Gasteiger charge is 2.34. The summed E-state index contributed by atoms with van der Waals surface area (Å²) in [6.07, 6.45) is 3.72. The maximum Gasteiger partial charge on any atom is 0.0368 e. The number of hydrogen-bond acceptors (Lipinski definition) is 2. The minimum atomic E-state index is 0.298. The Morgan fingerprint density at radius 2 is 2.18 bits per heavy atom. The molecular formula is C15H24N2. The van der Waals surface area contributed by atoms with Gasteiger partial charge in [-0.1, -0.05) is 29.8 Å². The van der Waals surface area contributed by atoms with Crippen LogP contribution in [-0.2, 0) is 6.42 Å². The van der Waals surface area contributed by atoms with Gasteiger partial charge in [-0.15, -0.1) is 0 Å². The summed E-state index contributed by atoms with van der Waals surface area (Å²) in [5.41, 5.74) is 3.12. The molecule has 17 heavy (non-hydrogen) atoms. The molecule has 2 nitrogen and oxygen atoms in total. The average Bonchev–Trinajstić information content (AvgIpc) is 2.30. The van der Waals surface area contributed by atoms with E-state index in [2.05, 4.69) is 55.5 Å². The van der Waals surface area contributed by atoms with Crippen LogP contribution in [0.3, 0.4) is 0 Å². The monoisotopic (exact) mass is 232 g/mol. The predicted molar refractivity (Wildman–Crippen MR) is 73.4 cm³/mol. The Morgan fingerprint density at radius 3 is 2.76 bits per heavy atom. The van der Waals surface area contributed by atoms with Gasteiger partial charge >= 0.3 is 0 Å². The third-order valence-electron chi connectivity index (χ3n) is 4.01. The van der Waals surface area contributed by atoms with Crippen LogP contribution >= 0.6 is 0 Å². The molecule has 1 saturated heterocycles. The lowest BCUT2D eigenvalue weighted by molar-refractivity contribution is 0.114. The fraction of sp³-hybridized carbons (Fsp3) is 0.600. The van der Waals surface area contributed by atoms with Crippen molar-refractivity contribution >= 4 is 0 Å². The van der Waals surface area contributed by atoms with Crippen LogP contribution in [0.1, 0.15) is 24.0 Å². The van der Waals surface area contributed by atoms with Gasteiger partial charge in [0.05, 0.1) is 0 Å². The molecule has 2 rings (SSSR count). The lowest BCUT2D eigenvalue weighted by atomic mass is 9.82. The minimum Gasteiger partial charge on any atom is -0.315 e. The number of piperidine rings is 1. The largest absolute Gasteiger partial charge is 0.315 e. The Balaban J connectivity index is 2.17. The Labute approximate surface area is 105 Å². The van der Waals surface area contributed by atoms with E-state index in [9.17, 15) is 0 Å². The zero-order chi connectivity index (χ0) is 12.3. The van der Waals surface area contributed by atoms with Crippen LogP contribution in [0, 0.1) is 6.92 Å². The van der Waals surface area contributed by atoms with Gasteiger partial charge in [0.1, 0.15) is 0 Å². The Bertz CT molecular complexity index is 365. The smallest absolute Gasteiger partial charge is 0.0368 e. The summed E-state index contributed by atoms with van der Waals surface area (Å²) in [5, 5.41) is 3.55. The van der Waals surface area contributed by atoms with Crippen molar-refractivity contribution in [3.8, 4) is 0 Å². The molecule has 1 N–H and O–H groups in total. The van der Waals surface area contributed by atoms with Gasteiger partial charge in [0, 0.05) is 12.1 Å². The Kier molecular flexibility index (Phi) is 3.85. The number of hydrogen-bond donors (Lipinski definition) is 1. The lowest BCUT2D eigenvalue weighted by Crippen LogP contribution is -2.56. The fourth-order valence-corrected chi connectivity index (χ4v) is 2.84. The molecule has 0 aromatic heterocycles. The topological polar surface area (TPSA) is 15.3 Å². The molecule has 1 unspecified atom stereocenters. The first kappa shape index (κ1) is 12.6. The van der Waals surface area contributed by atoms with Crippen molar-refractivity contribution in [2.24, 2.45) is 0 Å². The molecule has 1 fully saturated rings. The molecule has 1 aliphatic rings. The van der Waals surface area contributed by atoms with E-state index < -0.39 is 0 Å². The van der Waals surface area contributed by atoms with Crippen LogP contribution in [0.2, 0.25) is 0 Å². The predicted octanol–water partition coefficient (Wildman–Crippen LogP) is 2.22. The summed E-state index contributed by atoms with van der Waals surface area (Å²) in [6.45, 7) is 4.45. The standard InChI is InChI=1S/C15H24N2/c1-13-6-4-7-14(10-13)11-15(17(2)3)8-5-9-16-12-15/h4,6-7,10,16H,5,8-9,11-12H2,1-3H3. The summed E-state index contributed by atoms with van der Waals surface area (Å²) in [5.74, 6) is 0. The molecule has 0 amide bonds. The molecule has 0 bridgehead atoms. The van der Waals surface area contributed by atoms with Crippen molar-refractivity contribution in [3.05, 3.63) is 35.4 Å². The zero-order valence-corrected chi connectivity index (χ0v) is 11.3. The van der Waals surface area contributed by atoms with E-state index in [0.29, 0.717) is 5.54 Å². The summed E-state index contributed by atoms with van der Waals surface area (Å²) in [7, 11) is 4.42. The summed E-state index contributed by atoms with van der Waals surface area (Å²) >= 11 is 0. The number of likely N-dealkylation sites (N-methyl/N-ethyl adjacent to an activating group) is 1. The van der Waals surface area contributed by atoms with Gasteiger partial charge in [0.2, 0.25) is 0 Å². The van der Waals surface area contributed by atoms with Gasteiger partial charge < -0.3 is 10.2 Å². The molecule has 2 heteroatoms. The molecule has 94 valence electrons. The molecule has 0 spiro atoms. The highest BCUT2D eigenvalue weighted by molar-refractivity contribution is 5.24. The molecule has 1 aliphatic heterocycles. The quantitative estimate of drug-likeness (QED) is 0.859. The van der Waals surface area contributed by atoms with Crippen molar-refractivity contribution < 1.29 is 0 Å². The van der Waals surface area contributed by atoms with Crippen molar-refractivity contribution in [2.45, 2.75) is 31.7 Å². The molecule has 1 atom stereocenters. The van der Waals surface area contributed by atoms with Crippen LogP contribution in [0.5, 0.6) is 0 Å². The van der Waals surface area contributed by atoms with Gasteiger partial charge in [0.15, 0.2) is 0 Å². The molecule has 0 aliphatic carbocycles. The molecule has 0 radical (unpaired) electrons. The normalized spacial score (nSPS) is 25.2. The Hall–Kier alpha value is -0.860. The third-order valence-corrected chi connectivity index (χ3v) is 4.01. The van der Waals surface area contributed by atoms with Crippen molar-refractivity contribution in [3.63, 3.8) is 0 Å². The Morgan fingerprint density at radius 1 is 1.35 bits per heavy atom. The molecule has 0 saturated carbocycles. The number of aryl methyl sites for hydroxylation is 1. The van der Waals surface area contributed by atoms with E-state index in [1.165, 1.54) is 30.5 Å². The van der Waals surface area contributed by atoms with Gasteiger partial charge in [-0.25, -0.2) is 0 Å². The number of nitrogens with one attached hydrogen (secondary N) is 1. The molecule has 1 heterocycles. The SMILES string of the molecule is Cc1cccc(CC2(N(C)C)CCCNC2)c1. The van der Waals surface area contributed by atoms with Gasteiger partial charge in [-0.3, -0.25) is 0 Å². The molecule has 1 aromatic rings. The van der Waals surface area contributed by atoms with E-state index in [-0.39, 0.29) is 0 Å². The van der Waals surface area contributed by atoms with Crippen LogP contribution in [-0.4, -0.2) is 37.6 Å². The van der Waals surface area contributed by atoms with E-state index in [1.807, 2.05) is 0 Å². The molecular weight excluding hydrogens is 208 g/mol. The second-order valence-corrected chi connectivity index (χ2v) is 5.56. The van der Waals surface area contributed by atoms with Crippen molar-refractivity contribution in [2.75, 3.05) is 27.2 Å². The zero-order valence-electron chi connectivity index (χ0n) is 11.3. The fourth-order valence-electron chi connectivity index (χ4n) is 2.84. The van der Waals surface area contributed by atoms with Crippen LogP contribution in [0.25, 0.3) is 0 Å². The van der Waals surface area contributed by atoms with Gasteiger partial charge in [0.25, 0.3) is 0 Å². The van der Waals surface area contributed by atoms with E-state index in [1.54, 1.807) is 0 Å². The van der Waals surface area contributed by atoms with Crippen molar-refractivity contribution in [1.82, 2.24) is 10.2 Å². The van der Waals surface area contributed by atoms with Gasteiger partial charge in [-0.05, 0) is 52.4 Å². The first-order chi connectivity index (χ1) is 8.12. The summed E-state index contributed by atoms with van der Waals surface area (Å²) in [6, 6.07) is 8.92. The first-order valence-electron chi connectivity index (χ1n) is 6.56. The van der Waals surface area contributed by atoms with Gasteiger partial charge in [-0.2, -0.15) is 0 Å². The minimum absolute atomic E-state index is 0.298. The maximum atomic E-state index is 3.55. The number of nitrogens with zero attached hydrogens (tertiary/aromatic N) is 1. The average molecular weight is 232 g/mol. The molecule has 1 aromatic carbocycles. The van der Waals surface area contributed by atoms with Crippen LogP contribution in [0.15, 0.2) is 24.3 Å². The summed E-state index contributed by atoms with van der Waals surface area (Å²) < 4.78 is 0.